The maximum absolute atomic E-state index is 6.05. The molecule has 0 fully saturated rings. The van der Waals surface area contributed by atoms with Crippen molar-refractivity contribution in [3.63, 3.8) is 0 Å². The minimum Gasteiger partial charge on any atom is -0.495 e. The Labute approximate surface area is 122 Å². The Balaban J connectivity index is 2.41. The van der Waals surface area contributed by atoms with Crippen LogP contribution in [0.25, 0.3) is 0 Å². The molecule has 1 unspecified atom stereocenters. The Bertz CT molecular complexity index is 563. The SMILES string of the molecule is COc1cc(C(NN)c2cc(C)c(C)s2)ccc1Cl. The molecule has 1 aromatic heterocycles. The molecule has 102 valence electrons. The molecule has 0 saturated carbocycles. The molecule has 1 heterocycles. The highest BCUT2D eigenvalue weighted by molar-refractivity contribution is 7.12. The van der Waals surface area contributed by atoms with E-state index >= 15 is 0 Å². The topological polar surface area (TPSA) is 47.3 Å². The molecular weight excluding hydrogens is 280 g/mol. The molecule has 2 rings (SSSR count). The van der Waals surface area contributed by atoms with Gasteiger partial charge in [-0.1, -0.05) is 17.7 Å². The van der Waals surface area contributed by atoms with Gasteiger partial charge in [0, 0.05) is 9.75 Å². The van der Waals surface area contributed by atoms with Crippen LogP contribution in [-0.2, 0) is 0 Å². The van der Waals surface area contributed by atoms with Crippen molar-refractivity contribution in [1.29, 1.82) is 0 Å². The predicted octanol–water partition coefficient (Wildman–Crippen LogP) is 3.58. The molecular formula is C14H17ClN2OS. The van der Waals surface area contributed by atoms with Gasteiger partial charge in [-0.25, -0.2) is 5.43 Å². The third kappa shape index (κ3) is 2.92. The second kappa shape index (κ2) is 5.92. The number of halogens is 1. The van der Waals surface area contributed by atoms with Crippen molar-refractivity contribution in [3.8, 4) is 5.75 Å². The van der Waals surface area contributed by atoms with Gasteiger partial charge < -0.3 is 4.74 Å². The molecule has 0 aliphatic rings. The first kappa shape index (κ1) is 14.3. The van der Waals surface area contributed by atoms with Gasteiger partial charge in [0.1, 0.15) is 5.75 Å². The molecule has 0 saturated heterocycles. The Hall–Kier alpha value is -1.07. The lowest BCUT2D eigenvalue weighted by atomic mass is 10.0. The van der Waals surface area contributed by atoms with Crippen LogP contribution < -0.4 is 16.0 Å². The summed E-state index contributed by atoms with van der Waals surface area (Å²) in [5, 5.41) is 0.598. The van der Waals surface area contributed by atoms with E-state index in [0.29, 0.717) is 10.8 Å². The normalized spacial score (nSPS) is 12.5. The van der Waals surface area contributed by atoms with Gasteiger partial charge in [-0.3, -0.25) is 5.84 Å². The first-order chi connectivity index (χ1) is 9.06. The third-order valence-electron chi connectivity index (χ3n) is 3.14. The summed E-state index contributed by atoms with van der Waals surface area (Å²) in [5.74, 6) is 6.37. The summed E-state index contributed by atoms with van der Waals surface area (Å²) in [6.07, 6.45) is 0. The van der Waals surface area contributed by atoms with E-state index in [-0.39, 0.29) is 6.04 Å². The van der Waals surface area contributed by atoms with Crippen molar-refractivity contribution in [2.24, 2.45) is 5.84 Å². The number of rotatable bonds is 4. The zero-order chi connectivity index (χ0) is 14.0. The number of hydrogen-bond acceptors (Lipinski definition) is 4. The second-order valence-electron chi connectivity index (χ2n) is 4.38. The van der Waals surface area contributed by atoms with E-state index in [1.165, 1.54) is 15.3 Å². The minimum atomic E-state index is -0.0523. The summed E-state index contributed by atoms with van der Waals surface area (Å²) in [6.45, 7) is 4.21. The number of nitrogens with one attached hydrogen (secondary N) is 1. The molecule has 0 bridgehead atoms. The largest absolute Gasteiger partial charge is 0.495 e. The number of thiophene rings is 1. The number of ether oxygens (including phenoxy) is 1. The molecule has 1 aromatic carbocycles. The van der Waals surface area contributed by atoms with Crippen LogP contribution in [0.1, 0.15) is 26.9 Å². The molecule has 5 heteroatoms. The monoisotopic (exact) mass is 296 g/mol. The fraction of sp³-hybridized carbons (Fsp3) is 0.286. The summed E-state index contributed by atoms with van der Waals surface area (Å²) in [4.78, 5) is 2.48. The van der Waals surface area contributed by atoms with E-state index < -0.39 is 0 Å². The van der Waals surface area contributed by atoms with Crippen molar-refractivity contribution >= 4 is 22.9 Å². The highest BCUT2D eigenvalue weighted by Gasteiger charge is 2.17. The van der Waals surface area contributed by atoms with Crippen LogP contribution in [0.3, 0.4) is 0 Å². The number of aryl methyl sites for hydroxylation is 2. The Morgan fingerprint density at radius 3 is 2.58 bits per heavy atom. The van der Waals surface area contributed by atoms with Gasteiger partial charge >= 0.3 is 0 Å². The van der Waals surface area contributed by atoms with Crippen LogP contribution in [0.15, 0.2) is 24.3 Å². The standard InChI is InChI=1S/C14H17ClN2OS/c1-8-6-13(19-9(8)2)14(17-16)10-4-5-11(15)12(7-10)18-3/h4-7,14,17H,16H2,1-3H3. The molecule has 19 heavy (non-hydrogen) atoms. The summed E-state index contributed by atoms with van der Waals surface area (Å²) < 4.78 is 5.25. The maximum atomic E-state index is 6.05. The van der Waals surface area contributed by atoms with E-state index in [4.69, 9.17) is 22.2 Å². The lowest BCUT2D eigenvalue weighted by Gasteiger charge is -2.16. The zero-order valence-electron chi connectivity index (χ0n) is 11.2. The van der Waals surface area contributed by atoms with Crippen LogP contribution in [0.5, 0.6) is 5.75 Å². The van der Waals surface area contributed by atoms with E-state index in [1.54, 1.807) is 18.4 Å². The first-order valence-electron chi connectivity index (χ1n) is 5.93. The van der Waals surface area contributed by atoms with Crippen molar-refractivity contribution in [3.05, 3.63) is 50.2 Å². The Kier molecular flexibility index (Phi) is 4.47. The van der Waals surface area contributed by atoms with Gasteiger partial charge in [-0.15, -0.1) is 11.3 Å². The zero-order valence-corrected chi connectivity index (χ0v) is 12.7. The van der Waals surface area contributed by atoms with Crippen LogP contribution in [0.4, 0.5) is 0 Å². The van der Waals surface area contributed by atoms with Crippen molar-refractivity contribution < 1.29 is 4.74 Å². The van der Waals surface area contributed by atoms with Crippen LogP contribution in [-0.4, -0.2) is 7.11 Å². The summed E-state index contributed by atoms with van der Waals surface area (Å²) in [5.41, 5.74) is 5.17. The quantitative estimate of drug-likeness (QED) is 0.670. The summed E-state index contributed by atoms with van der Waals surface area (Å²) in [7, 11) is 1.61. The van der Waals surface area contributed by atoms with E-state index in [0.717, 1.165) is 5.56 Å². The van der Waals surface area contributed by atoms with E-state index in [2.05, 4.69) is 25.3 Å². The van der Waals surface area contributed by atoms with Crippen molar-refractivity contribution in [2.75, 3.05) is 7.11 Å². The Morgan fingerprint density at radius 1 is 1.32 bits per heavy atom. The number of hydrogen-bond donors (Lipinski definition) is 2. The molecule has 3 nitrogen and oxygen atoms in total. The number of nitrogens with two attached hydrogens (primary N) is 1. The fourth-order valence-corrected chi connectivity index (χ4v) is 3.27. The van der Waals surface area contributed by atoms with Gasteiger partial charge in [0.2, 0.25) is 0 Å². The van der Waals surface area contributed by atoms with Gasteiger partial charge in [0.25, 0.3) is 0 Å². The van der Waals surface area contributed by atoms with Gasteiger partial charge in [0.05, 0.1) is 18.2 Å². The molecule has 0 aliphatic heterocycles. The minimum absolute atomic E-state index is 0.0523. The smallest absolute Gasteiger partial charge is 0.137 e. The molecule has 2 aromatic rings. The second-order valence-corrected chi connectivity index (χ2v) is 6.08. The molecule has 0 radical (unpaired) electrons. The van der Waals surface area contributed by atoms with Crippen LogP contribution in [0, 0.1) is 13.8 Å². The predicted molar refractivity (Wildman–Crippen MR) is 81.0 cm³/mol. The van der Waals surface area contributed by atoms with Crippen molar-refractivity contribution in [1.82, 2.24) is 5.43 Å². The highest BCUT2D eigenvalue weighted by atomic mass is 35.5. The van der Waals surface area contributed by atoms with Gasteiger partial charge in [-0.2, -0.15) is 0 Å². The first-order valence-corrected chi connectivity index (χ1v) is 7.12. The number of hydrazine groups is 1. The van der Waals surface area contributed by atoms with E-state index in [1.807, 2.05) is 18.2 Å². The van der Waals surface area contributed by atoms with Gasteiger partial charge in [0.15, 0.2) is 0 Å². The average Bonchev–Trinajstić information content (AvgIpc) is 2.72. The lowest BCUT2D eigenvalue weighted by Crippen LogP contribution is -2.28. The third-order valence-corrected chi connectivity index (χ3v) is 4.67. The molecule has 1 atom stereocenters. The van der Waals surface area contributed by atoms with E-state index in [9.17, 15) is 0 Å². The highest BCUT2D eigenvalue weighted by Crippen LogP contribution is 2.33. The molecule has 0 aliphatic carbocycles. The van der Waals surface area contributed by atoms with Crippen molar-refractivity contribution in [2.45, 2.75) is 19.9 Å². The van der Waals surface area contributed by atoms with Gasteiger partial charge in [-0.05, 0) is 43.2 Å². The summed E-state index contributed by atoms with van der Waals surface area (Å²) >= 11 is 7.79. The van der Waals surface area contributed by atoms with Crippen LogP contribution in [0.2, 0.25) is 5.02 Å². The van der Waals surface area contributed by atoms with Crippen LogP contribution >= 0.6 is 22.9 Å². The maximum Gasteiger partial charge on any atom is 0.137 e. The summed E-state index contributed by atoms with van der Waals surface area (Å²) in [6, 6.07) is 7.80. The lowest BCUT2D eigenvalue weighted by molar-refractivity contribution is 0.414. The fourth-order valence-electron chi connectivity index (χ4n) is 1.94. The average molecular weight is 297 g/mol. The molecule has 0 spiro atoms. The molecule has 3 N–H and O–H groups in total. The Morgan fingerprint density at radius 2 is 2.05 bits per heavy atom. The number of methoxy groups -OCH3 is 1. The molecule has 0 amide bonds. The number of benzene rings is 1.